The highest BCUT2D eigenvalue weighted by atomic mass is 127. The van der Waals surface area contributed by atoms with Gasteiger partial charge in [-0.05, 0) is 56.8 Å². The predicted octanol–water partition coefficient (Wildman–Crippen LogP) is 3.26. The van der Waals surface area contributed by atoms with Crippen LogP contribution in [0.1, 0.15) is 73.6 Å². The summed E-state index contributed by atoms with van der Waals surface area (Å²) in [6.07, 6.45) is 3.01. The summed E-state index contributed by atoms with van der Waals surface area (Å²) >= 11 is -1.43. The van der Waals surface area contributed by atoms with Gasteiger partial charge < -0.3 is 10.0 Å². The molecule has 2 fully saturated rings. The molecule has 0 radical (unpaired) electrons. The van der Waals surface area contributed by atoms with Crippen LogP contribution in [0.25, 0.3) is 0 Å². The molecule has 0 bridgehead atoms. The maximum absolute atomic E-state index is 16.5. The van der Waals surface area contributed by atoms with E-state index in [-0.39, 0.29) is 29.7 Å². The lowest BCUT2D eigenvalue weighted by Crippen LogP contribution is -2.65. The largest absolute Gasteiger partial charge is 0.385 e. The minimum Gasteiger partial charge on any atom is -0.385 e. The number of amides is 1. The van der Waals surface area contributed by atoms with Gasteiger partial charge in [0.15, 0.2) is 0 Å². The first kappa shape index (κ1) is 23.2. The van der Waals surface area contributed by atoms with Crippen LogP contribution in [0.15, 0.2) is 0 Å². The minimum atomic E-state index is -2.30. The lowest BCUT2D eigenvalue weighted by molar-refractivity contribution is -0.169. The van der Waals surface area contributed by atoms with Gasteiger partial charge in [-0.25, -0.2) is 4.39 Å². The van der Waals surface area contributed by atoms with Gasteiger partial charge in [0, 0.05) is 12.1 Å². The summed E-state index contributed by atoms with van der Waals surface area (Å²) in [5.41, 5.74) is 0.0760. The number of alkyl halides is 2. The van der Waals surface area contributed by atoms with Crippen molar-refractivity contribution in [1.29, 1.82) is 0 Å². The van der Waals surface area contributed by atoms with Crippen molar-refractivity contribution in [2.45, 2.75) is 94.5 Å². The summed E-state index contributed by atoms with van der Waals surface area (Å²) in [5.74, 6) is 5.10. The van der Waals surface area contributed by atoms with E-state index in [0.717, 1.165) is 19.3 Å². The topological polar surface area (TPSA) is 78.6 Å². The van der Waals surface area contributed by atoms with Crippen LogP contribution in [0.4, 0.5) is 4.39 Å². The molecule has 1 aliphatic heterocycles. The Balaban J connectivity index is 2.43. The summed E-state index contributed by atoms with van der Waals surface area (Å²) in [4.78, 5) is 15.1. The molecule has 5 nitrogen and oxygen atoms in total. The zero-order chi connectivity index (χ0) is 20.9. The number of hydrogen-bond acceptors (Lipinski definition) is 4. The standard InChI is InChI=1S/C20H37FIN3O2/c1-16(2)11-17(3,4)13-19(27,12-16)20(21,22-7)15(26)25-10-8-9-14(25)18(5,6)24-23/h14,24,27H,7-13,23H2,1-6H3/t14-,20?/m0/s1. The second-order valence-electron chi connectivity index (χ2n) is 10.6. The number of likely N-dealkylation sites (tertiary alicyclic amines) is 1. The first-order chi connectivity index (χ1) is 12.1. The fourth-order valence-corrected chi connectivity index (χ4v) is 7.43. The predicted molar refractivity (Wildman–Crippen MR) is 117 cm³/mol. The molecule has 158 valence electrons. The van der Waals surface area contributed by atoms with Crippen molar-refractivity contribution in [1.82, 2.24) is 10.3 Å². The molecule has 1 amide bonds. The normalized spacial score (nSPS) is 29.4. The van der Waals surface area contributed by atoms with Gasteiger partial charge >= 0.3 is 0 Å². The number of nitrogens with two attached hydrogens (primary N) is 1. The van der Waals surface area contributed by atoms with Crippen molar-refractivity contribution < 1.29 is 14.3 Å². The quantitative estimate of drug-likeness (QED) is 0.236. The summed E-state index contributed by atoms with van der Waals surface area (Å²) in [6.45, 7) is 12.5. The van der Waals surface area contributed by atoms with Gasteiger partial charge in [-0.2, -0.15) is 0 Å². The van der Waals surface area contributed by atoms with Crippen LogP contribution >= 0.6 is 20.7 Å². The first-order valence-electron chi connectivity index (χ1n) is 9.73. The Morgan fingerprint density at radius 1 is 1.26 bits per heavy atom. The van der Waals surface area contributed by atoms with E-state index in [1.807, 2.05) is 41.5 Å². The molecule has 0 aromatic rings. The van der Waals surface area contributed by atoms with Crippen molar-refractivity contribution in [2.24, 2.45) is 16.7 Å². The molecule has 2 aliphatic rings. The molecule has 1 saturated heterocycles. The third-order valence-corrected chi connectivity index (χ3v) is 8.77. The van der Waals surface area contributed by atoms with Crippen LogP contribution in [0.5, 0.6) is 0 Å². The maximum Gasteiger partial charge on any atom is 0.273 e. The van der Waals surface area contributed by atoms with Crippen LogP contribution in [-0.2, 0) is 4.79 Å². The van der Waals surface area contributed by atoms with Gasteiger partial charge in [0.25, 0.3) is 9.58 Å². The maximum atomic E-state index is 16.5. The molecule has 0 aromatic heterocycles. The highest BCUT2D eigenvalue weighted by molar-refractivity contribution is 14.2. The van der Waals surface area contributed by atoms with Crippen molar-refractivity contribution in [2.75, 3.05) is 6.54 Å². The zero-order valence-corrected chi connectivity index (χ0v) is 19.8. The summed E-state index contributed by atoms with van der Waals surface area (Å²) in [7, 11) is 0. The summed E-state index contributed by atoms with van der Waals surface area (Å²) < 4.78 is 18.0. The fourth-order valence-electron chi connectivity index (χ4n) is 5.71. The van der Waals surface area contributed by atoms with E-state index in [1.165, 1.54) is 0 Å². The number of nitrogens with one attached hydrogen (secondary N) is 1. The van der Waals surface area contributed by atoms with E-state index >= 15 is 4.39 Å². The number of nitrogens with zero attached hydrogens (tertiary/aromatic N) is 1. The van der Waals surface area contributed by atoms with E-state index in [9.17, 15) is 9.90 Å². The number of rotatable bonds is 5. The Kier molecular flexibility index (Phi) is 6.25. The number of aliphatic hydroxyl groups is 1. The Hall–Kier alpha value is -0.120. The van der Waals surface area contributed by atoms with Gasteiger partial charge in [0.05, 0.1) is 6.04 Å². The molecule has 27 heavy (non-hydrogen) atoms. The van der Waals surface area contributed by atoms with Crippen molar-refractivity contribution in [3.05, 3.63) is 0 Å². The van der Waals surface area contributed by atoms with E-state index < -0.39 is 41.5 Å². The van der Waals surface area contributed by atoms with Crippen LogP contribution in [0.3, 0.4) is 0 Å². The third kappa shape index (κ3) is 4.26. The van der Waals surface area contributed by atoms with Gasteiger partial charge in [0.1, 0.15) is 5.60 Å². The Morgan fingerprint density at radius 2 is 1.78 bits per heavy atom. The van der Waals surface area contributed by atoms with Crippen LogP contribution in [0.2, 0.25) is 0 Å². The molecule has 0 spiro atoms. The SMILES string of the molecule is C=IC(F)(C(=O)N1CCC[C@H]1C(C)(C)NN)C1(O)CC(C)(C)CC(C)(C)C1. The summed E-state index contributed by atoms with van der Waals surface area (Å²) in [6, 6.07) is -0.200. The first-order valence-corrected chi connectivity index (χ1v) is 12.3. The van der Waals surface area contributed by atoms with Crippen molar-refractivity contribution >= 4 is 31.2 Å². The zero-order valence-electron chi connectivity index (χ0n) is 17.7. The number of carbonyl (C=O) groups excluding carboxylic acids is 1. The third-order valence-electron chi connectivity index (χ3n) is 6.26. The van der Waals surface area contributed by atoms with Crippen LogP contribution in [0, 0.1) is 10.8 Å². The van der Waals surface area contributed by atoms with Gasteiger partial charge in [-0.1, -0.05) is 52.9 Å². The molecule has 0 aromatic carbocycles. The van der Waals surface area contributed by atoms with Crippen LogP contribution in [-0.4, -0.2) is 47.8 Å². The average Bonchev–Trinajstić information content (AvgIpc) is 2.99. The van der Waals surface area contributed by atoms with Crippen molar-refractivity contribution in [3.63, 3.8) is 0 Å². The molecule has 4 N–H and O–H groups in total. The lowest BCUT2D eigenvalue weighted by atomic mass is 9.58. The van der Waals surface area contributed by atoms with Gasteiger partial charge in [-0.3, -0.25) is 16.1 Å². The molecule has 1 heterocycles. The average molecular weight is 497 g/mol. The van der Waals surface area contributed by atoms with E-state index in [4.69, 9.17) is 5.84 Å². The molecule has 1 unspecified atom stereocenters. The van der Waals surface area contributed by atoms with E-state index in [0.29, 0.717) is 6.54 Å². The minimum absolute atomic E-state index is 0.200. The molecule has 2 atom stereocenters. The number of halogens is 2. The monoisotopic (exact) mass is 497 g/mol. The smallest absolute Gasteiger partial charge is 0.273 e. The Bertz CT molecular complexity index is 592. The second-order valence-corrected chi connectivity index (χ2v) is 12.9. The van der Waals surface area contributed by atoms with Crippen molar-refractivity contribution in [3.8, 4) is 0 Å². The number of hydrogen-bond donors (Lipinski definition) is 3. The van der Waals surface area contributed by atoms with E-state index in [2.05, 4.69) is 9.94 Å². The molecule has 1 aliphatic carbocycles. The summed E-state index contributed by atoms with van der Waals surface area (Å²) in [5, 5.41) is 11.6. The lowest BCUT2D eigenvalue weighted by Gasteiger charge is -2.53. The Labute approximate surface area is 173 Å². The highest BCUT2D eigenvalue weighted by Gasteiger charge is 2.63. The number of carbonyl (C=O) groups is 1. The van der Waals surface area contributed by atoms with E-state index in [1.54, 1.807) is 4.90 Å². The molecule has 1 saturated carbocycles. The van der Waals surface area contributed by atoms with Crippen LogP contribution < -0.4 is 11.3 Å². The molecular weight excluding hydrogens is 460 g/mol. The second kappa shape index (κ2) is 7.29. The molecule has 7 heteroatoms. The Morgan fingerprint density at radius 3 is 2.22 bits per heavy atom. The fraction of sp³-hybridized carbons (Fsp3) is 0.900. The molecular formula is C20H37FIN3O2. The number of hydrazine groups is 1. The van der Waals surface area contributed by atoms with Gasteiger partial charge in [0.2, 0.25) is 0 Å². The van der Waals surface area contributed by atoms with Gasteiger partial charge in [-0.15, -0.1) is 0 Å². The molecule has 2 rings (SSSR count). The highest BCUT2D eigenvalue weighted by Crippen LogP contribution is 2.57.